The second-order valence-electron chi connectivity index (χ2n) is 6.22. The van der Waals surface area contributed by atoms with Gasteiger partial charge in [0.1, 0.15) is 5.70 Å². The summed E-state index contributed by atoms with van der Waals surface area (Å²) in [6, 6.07) is 16.7. The van der Waals surface area contributed by atoms with Gasteiger partial charge in [0.15, 0.2) is 0 Å². The lowest BCUT2D eigenvalue weighted by molar-refractivity contribution is -0.131. The maximum atomic E-state index is 12.9. The van der Waals surface area contributed by atoms with Crippen molar-refractivity contribution in [2.75, 3.05) is 26.3 Å². The van der Waals surface area contributed by atoms with Gasteiger partial charge in [-0.1, -0.05) is 58.4 Å². The van der Waals surface area contributed by atoms with Crippen LogP contribution in [0.2, 0.25) is 0 Å². The minimum absolute atomic E-state index is 0.216. The zero-order valence-electron chi connectivity index (χ0n) is 15.3. The van der Waals surface area contributed by atoms with Gasteiger partial charge in [0, 0.05) is 23.1 Å². The largest absolute Gasteiger partial charge is 0.378 e. The first kappa shape index (κ1) is 20.0. The number of nitrogens with one attached hydrogen (secondary N) is 1. The molecule has 1 heterocycles. The number of amides is 2. The van der Waals surface area contributed by atoms with Crippen molar-refractivity contribution >= 4 is 33.8 Å². The minimum atomic E-state index is -0.325. The van der Waals surface area contributed by atoms with E-state index in [1.165, 1.54) is 0 Å². The Morgan fingerprint density at radius 3 is 2.36 bits per heavy atom. The molecule has 3 rings (SSSR count). The van der Waals surface area contributed by atoms with Gasteiger partial charge in [-0.3, -0.25) is 9.59 Å². The molecule has 2 aromatic rings. The molecule has 5 nitrogen and oxygen atoms in total. The van der Waals surface area contributed by atoms with E-state index in [4.69, 9.17) is 4.74 Å². The summed E-state index contributed by atoms with van der Waals surface area (Å²) in [5, 5.41) is 2.76. The van der Waals surface area contributed by atoms with E-state index in [0.717, 1.165) is 10.0 Å². The third-order valence-electron chi connectivity index (χ3n) is 4.23. The van der Waals surface area contributed by atoms with Gasteiger partial charge >= 0.3 is 0 Å². The fourth-order valence-corrected chi connectivity index (χ4v) is 2.98. The molecule has 144 valence electrons. The average Bonchev–Trinajstić information content (AvgIpc) is 2.74. The predicted molar refractivity (Wildman–Crippen MR) is 113 cm³/mol. The van der Waals surface area contributed by atoms with Crippen LogP contribution >= 0.6 is 15.9 Å². The van der Waals surface area contributed by atoms with E-state index < -0.39 is 0 Å². The number of morpholine rings is 1. The van der Waals surface area contributed by atoms with Crippen molar-refractivity contribution in [3.8, 4) is 0 Å². The van der Waals surface area contributed by atoms with Crippen LogP contribution in [0.1, 0.15) is 15.9 Å². The molecule has 0 atom stereocenters. The molecule has 0 spiro atoms. The van der Waals surface area contributed by atoms with Crippen molar-refractivity contribution in [2.24, 2.45) is 0 Å². The van der Waals surface area contributed by atoms with Crippen molar-refractivity contribution in [2.45, 2.75) is 0 Å². The summed E-state index contributed by atoms with van der Waals surface area (Å²) < 4.78 is 6.20. The van der Waals surface area contributed by atoms with Crippen molar-refractivity contribution in [1.29, 1.82) is 0 Å². The molecule has 1 saturated heterocycles. The second-order valence-corrected chi connectivity index (χ2v) is 7.13. The Morgan fingerprint density at radius 1 is 1.00 bits per heavy atom. The quantitative estimate of drug-likeness (QED) is 0.570. The molecule has 1 N–H and O–H groups in total. The fourth-order valence-electron chi connectivity index (χ4n) is 2.72. The SMILES string of the molecule is O=C(N/C(=C/C=C\c1ccccc1)C(=O)N1CCOCC1)c1ccc(Br)cc1. The van der Waals surface area contributed by atoms with Crippen molar-refractivity contribution in [3.05, 3.63) is 88.0 Å². The summed E-state index contributed by atoms with van der Waals surface area (Å²) in [6.45, 7) is 2.01. The van der Waals surface area contributed by atoms with Crippen LogP contribution in [0.4, 0.5) is 0 Å². The molecule has 6 heteroatoms. The number of benzene rings is 2. The summed E-state index contributed by atoms with van der Waals surface area (Å²) in [5.41, 5.74) is 1.73. The molecule has 0 aromatic heterocycles. The summed E-state index contributed by atoms with van der Waals surface area (Å²) in [4.78, 5) is 27.2. The lowest BCUT2D eigenvalue weighted by atomic mass is 10.2. The van der Waals surface area contributed by atoms with Crippen molar-refractivity contribution < 1.29 is 14.3 Å². The maximum Gasteiger partial charge on any atom is 0.270 e. The van der Waals surface area contributed by atoms with E-state index in [-0.39, 0.29) is 17.5 Å². The normalized spacial score (nSPS) is 14.9. The van der Waals surface area contributed by atoms with Crippen LogP contribution in [-0.2, 0) is 9.53 Å². The number of allylic oxidation sites excluding steroid dienone is 2. The predicted octanol–water partition coefficient (Wildman–Crippen LogP) is 3.64. The highest BCUT2D eigenvalue weighted by atomic mass is 79.9. The van der Waals surface area contributed by atoms with Gasteiger partial charge in [-0.25, -0.2) is 0 Å². The highest BCUT2D eigenvalue weighted by Crippen LogP contribution is 2.12. The highest BCUT2D eigenvalue weighted by molar-refractivity contribution is 9.10. The molecule has 1 aliphatic rings. The Labute approximate surface area is 172 Å². The van der Waals surface area contributed by atoms with Gasteiger partial charge in [0.2, 0.25) is 0 Å². The third-order valence-corrected chi connectivity index (χ3v) is 4.76. The molecule has 0 radical (unpaired) electrons. The monoisotopic (exact) mass is 440 g/mol. The number of carbonyl (C=O) groups excluding carboxylic acids is 2. The maximum absolute atomic E-state index is 12.9. The van der Waals surface area contributed by atoms with Crippen LogP contribution in [0.15, 0.2) is 76.9 Å². The Hall–Kier alpha value is -2.70. The summed E-state index contributed by atoms with van der Waals surface area (Å²) in [7, 11) is 0. The van der Waals surface area contributed by atoms with E-state index in [9.17, 15) is 9.59 Å². The number of carbonyl (C=O) groups is 2. The molecule has 0 aliphatic carbocycles. The van der Waals surface area contributed by atoms with Gasteiger partial charge in [-0.05, 0) is 35.9 Å². The first-order valence-electron chi connectivity index (χ1n) is 9.01. The molecule has 28 heavy (non-hydrogen) atoms. The van der Waals surface area contributed by atoms with Crippen molar-refractivity contribution in [1.82, 2.24) is 10.2 Å². The Balaban J connectivity index is 1.79. The first-order chi connectivity index (χ1) is 13.6. The summed E-state index contributed by atoms with van der Waals surface area (Å²) in [6.07, 6.45) is 5.30. The lowest BCUT2D eigenvalue weighted by Gasteiger charge is -2.27. The zero-order valence-corrected chi connectivity index (χ0v) is 16.9. The van der Waals surface area contributed by atoms with Crippen LogP contribution in [0.3, 0.4) is 0 Å². The molecule has 0 unspecified atom stereocenters. The fraction of sp³-hybridized carbons (Fsp3) is 0.182. The molecule has 0 saturated carbocycles. The number of rotatable bonds is 5. The number of hydrogen-bond acceptors (Lipinski definition) is 3. The van der Waals surface area contributed by atoms with Crippen molar-refractivity contribution in [3.63, 3.8) is 0 Å². The third kappa shape index (κ3) is 5.65. The van der Waals surface area contributed by atoms with E-state index >= 15 is 0 Å². The topological polar surface area (TPSA) is 58.6 Å². The molecule has 1 fully saturated rings. The van der Waals surface area contributed by atoms with E-state index in [0.29, 0.717) is 31.9 Å². The van der Waals surface area contributed by atoms with E-state index in [1.807, 2.05) is 36.4 Å². The number of ether oxygens (including phenoxy) is 1. The Morgan fingerprint density at radius 2 is 1.68 bits per heavy atom. The van der Waals surface area contributed by atoms with Crippen LogP contribution in [-0.4, -0.2) is 43.0 Å². The number of hydrogen-bond donors (Lipinski definition) is 1. The molecule has 2 aromatic carbocycles. The van der Waals surface area contributed by atoms with Gasteiger partial charge in [0.05, 0.1) is 13.2 Å². The molecular weight excluding hydrogens is 420 g/mol. The van der Waals surface area contributed by atoms with E-state index in [2.05, 4.69) is 21.2 Å². The molecule has 0 bridgehead atoms. The molecule has 1 aliphatic heterocycles. The highest BCUT2D eigenvalue weighted by Gasteiger charge is 2.22. The number of nitrogens with zero attached hydrogens (tertiary/aromatic N) is 1. The first-order valence-corrected chi connectivity index (χ1v) is 9.80. The lowest BCUT2D eigenvalue weighted by Crippen LogP contribution is -2.44. The van der Waals surface area contributed by atoms with E-state index in [1.54, 1.807) is 41.3 Å². The standard InChI is InChI=1S/C22H21BrN2O3/c23-19-11-9-18(10-12-19)21(26)24-20(22(27)25-13-15-28-16-14-25)8-4-7-17-5-2-1-3-6-17/h1-12H,13-16H2,(H,24,26)/b7-4-,20-8+. The molecular formula is C22H21BrN2O3. The molecule has 2 amide bonds. The van der Waals surface area contributed by atoms with Gasteiger partial charge in [-0.2, -0.15) is 0 Å². The Bertz CT molecular complexity index is 870. The summed E-state index contributed by atoms with van der Waals surface area (Å²) in [5.74, 6) is -0.542. The van der Waals surface area contributed by atoms with Gasteiger partial charge in [-0.15, -0.1) is 0 Å². The zero-order chi connectivity index (χ0) is 19.8. The Kier molecular flexibility index (Phi) is 7.17. The average molecular weight is 441 g/mol. The van der Waals surface area contributed by atoms with Crippen LogP contribution in [0, 0.1) is 0 Å². The van der Waals surface area contributed by atoms with Gasteiger partial charge < -0.3 is 15.0 Å². The van der Waals surface area contributed by atoms with Crippen LogP contribution < -0.4 is 5.32 Å². The minimum Gasteiger partial charge on any atom is -0.378 e. The number of halogens is 1. The summed E-state index contributed by atoms with van der Waals surface area (Å²) >= 11 is 3.35. The van der Waals surface area contributed by atoms with Gasteiger partial charge in [0.25, 0.3) is 11.8 Å². The van der Waals surface area contributed by atoms with Crippen LogP contribution in [0.5, 0.6) is 0 Å². The smallest absolute Gasteiger partial charge is 0.270 e. The second kappa shape index (κ2) is 10.0. The van der Waals surface area contributed by atoms with Crippen LogP contribution in [0.25, 0.3) is 6.08 Å².